The Morgan fingerprint density at radius 3 is 2.79 bits per heavy atom. The molecule has 1 saturated carbocycles. The van der Waals surface area contributed by atoms with Gasteiger partial charge in [0.25, 0.3) is 5.56 Å². The molecule has 0 unspecified atom stereocenters. The zero-order chi connectivity index (χ0) is 16.8. The van der Waals surface area contributed by atoms with Crippen LogP contribution in [0.25, 0.3) is 16.6 Å². The van der Waals surface area contributed by atoms with E-state index in [1.165, 1.54) is 13.3 Å². The van der Waals surface area contributed by atoms with Gasteiger partial charge in [0.2, 0.25) is 0 Å². The fraction of sp³-hybridized carbons (Fsp3) is 0.412. The van der Waals surface area contributed by atoms with Gasteiger partial charge in [0.15, 0.2) is 5.65 Å². The van der Waals surface area contributed by atoms with Crippen molar-refractivity contribution in [3.8, 4) is 0 Å². The molecular formula is C17H18N4O3. The number of hydrogen-bond donors (Lipinski definition) is 0. The summed E-state index contributed by atoms with van der Waals surface area (Å²) in [6, 6.07) is 2.14. The topological polar surface area (TPSA) is 78.5 Å². The van der Waals surface area contributed by atoms with Gasteiger partial charge in [0, 0.05) is 18.4 Å². The van der Waals surface area contributed by atoms with Crippen LogP contribution in [0.1, 0.15) is 47.8 Å². The number of aromatic nitrogens is 4. The molecule has 0 bridgehead atoms. The molecule has 0 spiro atoms. The van der Waals surface area contributed by atoms with Crippen LogP contribution in [-0.2, 0) is 4.74 Å². The number of hydrogen-bond acceptors (Lipinski definition) is 5. The summed E-state index contributed by atoms with van der Waals surface area (Å²) in [7, 11) is 1.33. The third-order valence-electron chi connectivity index (χ3n) is 4.82. The molecule has 1 aliphatic rings. The average Bonchev–Trinajstić information content (AvgIpc) is 3.21. The van der Waals surface area contributed by atoms with E-state index >= 15 is 0 Å². The minimum atomic E-state index is -0.478. The van der Waals surface area contributed by atoms with Crippen LogP contribution in [0.2, 0.25) is 0 Å². The van der Waals surface area contributed by atoms with Gasteiger partial charge >= 0.3 is 5.97 Å². The molecular weight excluding hydrogens is 308 g/mol. The molecule has 7 heteroatoms. The SMILES string of the molecule is COC(=O)c1c(C)nn2c1ncc1c(=O)n(C3CCCC3)ccc12. The number of esters is 1. The first-order chi connectivity index (χ1) is 11.6. The van der Waals surface area contributed by atoms with E-state index in [9.17, 15) is 9.59 Å². The van der Waals surface area contributed by atoms with Crippen molar-refractivity contribution in [1.82, 2.24) is 19.2 Å². The van der Waals surface area contributed by atoms with Crippen LogP contribution in [0.15, 0.2) is 23.3 Å². The van der Waals surface area contributed by atoms with Crippen LogP contribution in [0.4, 0.5) is 0 Å². The van der Waals surface area contributed by atoms with Crippen molar-refractivity contribution < 1.29 is 9.53 Å². The molecule has 7 nitrogen and oxygen atoms in total. The highest BCUT2D eigenvalue weighted by molar-refractivity contribution is 5.98. The molecule has 3 heterocycles. The highest BCUT2D eigenvalue weighted by atomic mass is 16.5. The molecule has 0 amide bonds. The zero-order valence-electron chi connectivity index (χ0n) is 13.7. The van der Waals surface area contributed by atoms with Crippen molar-refractivity contribution in [2.24, 2.45) is 0 Å². The number of fused-ring (bicyclic) bond motifs is 3. The van der Waals surface area contributed by atoms with E-state index in [0.717, 1.165) is 25.7 Å². The standard InChI is InChI=1S/C17H18N4O3/c1-10-14(17(23)24-2)15-18-9-12-13(21(15)19-10)7-8-20(16(12)22)11-5-3-4-6-11/h7-9,11H,3-6H2,1-2H3. The van der Waals surface area contributed by atoms with E-state index in [4.69, 9.17) is 4.74 Å². The molecule has 124 valence electrons. The van der Waals surface area contributed by atoms with Gasteiger partial charge < -0.3 is 9.30 Å². The van der Waals surface area contributed by atoms with E-state index in [1.54, 1.807) is 16.0 Å². The second-order valence-corrected chi connectivity index (χ2v) is 6.21. The van der Waals surface area contributed by atoms with Crippen molar-refractivity contribution >= 4 is 22.5 Å². The van der Waals surface area contributed by atoms with E-state index in [2.05, 4.69) is 10.1 Å². The maximum Gasteiger partial charge on any atom is 0.343 e. The number of aryl methyl sites for hydroxylation is 1. The minimum Gasteiger partial charge on any atom is -0.465 e. The molecule has 3 aromatic rings. The summed E-state index contributed by atoms with van der Waals surface area (Å²) < 4.78 is 8.17. The fourth-order valence-electron chi connectivity index (χ4n) is 3.60. The Bertz CT molecular complexity index is 1010. The summed E-state index contributed by atoms with van der Waals surface area (Å²) in [4.78, 5) is 29.1. The molecule has 0 atom stereocenters. The van der Waals surface area contributed by atoms with Gasteiger partial charge in [-0.05, 0) is 25.8 Å². The third kappa shape index (κ3) is 2.04. The zero-order valence-corrected chi connectivity index (χ0v) is 13.7. The number of pyridine rings is 1. The van der Waals surface area contributed by atoms with Crippen LogP contribution < -0.4 is 5.56 Å². The summed E-state index contributed by atoms with van der Waals surface area (Å²) in [5.41, 5.74) is 1.87. The lowest BCUT2D eigenvalue weighted by Crippen LogP contribution is -2.23. The largest absolute Gasteiger partial charge is 0.465 e. The maximum absolute atomic E-state index is 12.8. The fourth-order valence-corrected chi connectivity index (χ4v) is 3.60. The predicted octanol–water partition coefficient (Wildman–Crippen LogP) is 2.25. The molecule has 1 fully saturated rings. The van der Waals surface area contributed by atoms with E-state index in [-0.39, 0.29) is 11.6 Å². The van der Waals surface area contributed by atoms with Crippen LogP contribution >= 0.6 is 0 Å². The third-order valence-corrected chi connectivity index (χ3v) is 4.82. The van der Waals surface area contributed by atoms with E-state index in [1.807, 2.05) is 12.3 Å². The second-order valence-electron chi connectivity index (χ2n) is 6.21. The summed E-state index contributed by atoms with van der Waals surface area (Å²) >= 11 is 0. The Morgan fingerprint density at radius 2 is 2.08 bits per heavy atom. The number of nitrogens with zero attached hydrogens (tertiary/aromatic N) is 4. The van der Waals surface area contributed by atoms with Gasteiger partial charge in [-0.25, -0.2) is 14.3 Å². The number of ether oxygens (including phenoxy) is 1. The molecule has 1 aliphatic carbocycles. The van der Waals surface area contributed by atoms with Crippen LogP contribution in [-0.4, -0.2) is 32.2 Å². The van der Waals surface area contributed by atoms with Gasteiger partial charge in [-0.2, -0.15) is 5.10 Å². The number of methoxy groups -OCH3 is 1. The van der Waals surface area contributed by atoms with Crippen molar-refractivity contribution in [3.63, 3.8) is 0 Å². The van der Waals surface area contributed by atoms with Gasteiger partial charge in [-0.1, -0.05) is 12.8 Å². The van der Waals surface area contributed by atoms with Gasteiger partial charge in [-0.3, -0.25) is 4.79 Å². The first kappa shape index (κ1) is 14.9. The normalized spacial score (nSPS) is 15.4. The predicted molar refractivity (Wildman–Crippen MR) is 88.3 cm³/mol. The molecule has 0 saturated heterocycles. The Labute approximate surface area is 137 Å². The summed E-state index contributed by atoms with van der Waals surface area (Å²) in [5.74, 6) is -0.478. The van der Waals surface area contributed by atoms with Crippen molar-refractivity contribution in [1.29, 1.82) is 0 Å². The number of rotatable bonds is 2. The smallest absolute Gasteiger partial charge is 0.343 e. The lowest BCUT2D eigenvalue weighted by atomic mass is 10.2. The molecule has 24 heavy (non-hydrogen) atoms. The number of carbonyl (C=O) groups excluding carboxylic acids is 1. The average molecular weight is 326 g/mol. The Morgan fingerprint density at radius 1 is 1.33 bits per heavy atom. The highest BCUT2D eigenvalue weighted by Crippen LogP contribution is 2.28. The maximum atomic E-state index is 12.8. The monoisotopic (exact) mass is 326 g/mol. The lowest BCUT2D eigenvalue weighted by molar-refractivity contribution is 0.0602. The summed E-state index contributed by atoms with van der Waals surface area (Å²) in [6.07, 6.45) is 7.75. The quantitative estimate of drug-likeness (QED) is 0.675. The van der Waals surface area contributed by atoms with Crippen LogP contribution in [0, 0.1) is 6.92 Å². The second kappa shape index (κ2) is 5.43. The highest BCUT2D eigenvalue weighted by Gasteiger charge is 2.22. The molecule has 0 radical (unpaired) electrons. The van der Waals surface area contributed by atoms with E-state index in [0.29, 0.717) is 27.8 Å². The number of carbonyl (C=O) groups is 1. The van der Waals surface area contributed by atoms with E-state index < -0.39 is 5.97 Å². The first-order valence-electron chi connectivity index (χ1n) is 8.09. The summed E-state index contributed by atoms with van der Waals surface area (Å²) in [5, 5.41) is 4.89. The lowest BCUT2D eigenvalue weighted by Gasteiger charge is -2.14. The van der Waals surface area contributed by atoms with Crippen LogP contribution in [0.5, 0.6) is 0 Å². The molecule has 4 rings (SSSR count). The Hall–Kier alpha value is -2.70. The van der Waals surface area contributed by atoms with Crippen molar-refractivity contribution in [2.75, 3.05) is 7.11 Å². The van der Waals surface area contributed by atoms with Crippen molar-refractivity contribution in [2.45, 2.75) is 38.6 Å². The summed E-state index contributed by atoms with van der Waals surface area (Å²) in [6.45, 7) is 1.73. The molecule has 0 N–H and O–H groups in total. The molecule has 3 aromatic heterocycles. The van der Waals surface area contributed by atoms with Crippen LogP contribution in [0.3, 0.4) is 0 Å². The Kier molecular flexibility index (Phi) is 3.37. The molecule has 0 aliphatic heterocycles. The van der Waals surface area contributed by atoms with Gasteiger partial charge in [-0.15, -0.1) is 0 Å². The molecule has 0 aromatic carbocycles. The van der Waals surface area contributed by atoms with Gasteiger partial charge in [0.1, 0.15) is 5.56 Å². The van der Waals surface area contributed by atoms with Gasteiger partial charge in [0.05, 0.1) is 23.7 Å². The minimum absolute atomic E-state index is 0.0541. The first-order valence-corrected chi connectivity index (χ1v) is 8.09. The Balaban J connectivity index is 1.98. The van der Waals surface area contributed by atoms with Crippen molar-refractivity contribution in [3.05, 3.63) is 40.1 Å².